The summed E-state index contributed by atoms with van der Waals surface area (Å²) < 4.78 is 9.65. The molecule has 1 saturated heterocycles. The number of hydrogen-bond donors (Lipinski definition) is 1. The van der Waals surface area contributed by atoms with Crippen LogP contribution in [0.4, 0.5) is 0 Å². The number of amides is 1. The Morgan fingerprint density at radius 1 is 1.20 bits per heavy atom. The molecular weight excluding hydrogens is 462 g/mol. The summed E-state index contributed by atoms with van der Waals surface area (Å²) in [5.74, 6) is -0.310. The zero-order valence-corrected chi connectivity index (χ0v) is 21.7. The Hall–Kier alpha value is -2.84. The number of hydrogen-bond acceptors (Lipinski definition) is 7. The molecule has 4 rings (SSSR count). The third-order valence-electron chi connectivity index (χ3n) is 6.82. The summed E-state index contributed by atoms with van der Waals surface area (Å²) in [4.78, 5) is 29.6. The third-order valence-corrected chi connectivity index (χ3v) is 7.77. The molecule has 1 unspecified atom stereocenters. The van der Waals surface area contributed by atoms with Gasteiger partial charge >= 0.3 is 0 Å². The second kappa shape index (κ2) is 10.4. The zero-order valence-electron chi connectivity index (χ0n) is 20.9. The van der Waals surface area contributed by atoms with Crippen LogP contribution in [-0.4, -0.2) is 49.9 Å². The number of rotatable bonds is 8. The van der Waals surface area contributed by atoms with Gasteiger partial charge in [-0.2, -0.15) is 0 Å². The van der Waals surface area contributed by atoms with Gasteiger partial charge in [-0.05, 0) is 53.9 Å². The van der Waals surface area contributed by atoms with E-state index in [0.29, 0.717) is 17.9 Å². The number of aliphatic hydroxyl groups is 1. The number of nitrogens with zero attached hydrogens (tertiary/aromatic N) is 3. The summed E-state index contributed by atoms with van der Waals surface area (Å²) in [7, 11) is 0. The van der Waals surface area contributed by atoms with Crippen molar-refractivity contribution in [2.45, 2.75) is 71.4 Å². The summed E-state index contributed by atoms with van der Waals surface area (Å²) in [6, 6.07) is 9.38. The molecule has 1 fully saturated rings. The Balaban J connectivity index is 1.47. The zero-order chi connectivity index (χ0) is 25.3. The van der Waals surface area contributed by atoms with Gasteiger partial charge < -0.3 is 14.5 Å². The molecule has 3 heterocycles. The molecular formula is C27H33N3O4S. The minimum atomic E-state index is -0.714. The average Bonchev–Trinajstić information content (AvgIpc) is 3.53. The van der Waals surface area contributed by atoms with Crippen LogP contribution in [0.5, 0.6) is 0 Å². The highest BCUT2D eigenvalue weighted by atomic mass is 32.1. The van der Waals surface area contributed by atoms with E-state index in [9.17, 15) is 14.7 Å². The minimum absolute atomic E-state index is 0.00776. The van der Waals surface area contributed by atoms with E-state index in [-0.39, 0.29) is 36.5 Å². The van der Waals surface area contributed by atoms with Crippen LogP contribution in [0.2, 0.25) is 0 Å². The molecule has 1 aromatic carbocycles. The van der Waals surface area contributed by atoms with Crippen LogP contribution in [0.25, 0.3) is 10.4 Å². The molecule has 0 spiro atoms. The van der Waals surface area contributed by atoms with Crippen molar-refractivity contribution >= 4 is 23.2 Å². The van der Waals surface area contributed by atoms with Gasteiger partial charge in [0.1, 0.15) is 11.7 Å². The average molecular weight is 496 g/mol. The largest absolute Gasteiger partial charge is 0.391 e. The van der Waals surface area contributed by atoms with E-state index in [1.807, 2.05) is 40.8 Å². The summed E-state index contributed by atoms with van der Waals surface area (Å²) in [6.07, 6.45) is 1.72. The Morgan fingerprint density at radius 3 is 2.49 bits per heavy atom. The Kier molecular flexibility index (Phi) is 7.52. The van der Waals surface area contributed by atoms with Crippen molar-refractivity contribution in [1.82, 2.24) is 14.4 Å². The number of likely N-dealkylation sites (tertiary alicyclic amines) is 1. The van der Waals surface area contributed by atoms with Crippen LogP contribution < -0.4 is 0 Å². The number of benzene rings is 1. The molecule has 8 heteroatoms. The number of carbonyl (C=O) groups is 2. The molecule has 3 aromatic rings. The molecule has 1 N–H and O–H groups in total. The maximum atomic E-state index is 13.6. The van der Waals surface area contributed by atoms with Gasteiger partial charge in [-0.1, -0.05) is 50.2 Å². The van der Waals surface area contributed by atoms with Crippen molar-refractivity contribution < 1.29 is 19.2 Å². The summed E-state index contributed by atoms with van der Waals surface area (Å²) in [6.45, 7) is 9.93. The summed E-state index contributed by atoms with van der Waals surface area (Å²) in [5.41, 5.74) is 4.04. The van der Waals surface area contributed by atoms with E-state index in [1.165, 1.54) is 11.5 Å². The molecule has 1 aliphatic heterocycles. The number of aromatic nitrogens is 2. The maximum absolute atomic E-state index is 13.6. The van der Waals surface area contributed by atoms with Gasteiger partial charge in [-0.25, -0.2) is 4.37 Å². The molecule has 0 bridgehead atoms. The Bertz CT molecular complexity index is 1180. The van der Waals surface area contributed by atoms with Gasteiger partial charge in [0, 0.05) is 31.6 Å². The van der Waals surface area contributed by atoms with Crippen LogP contribution >= 0.6 is 11.5 Å². The summed E-state index contributed by atoms with van der Waals surface area (Å²) >= 11 is 1.48. The highest BCUT2D eigenvalue weighted by molar-refractivity contribution is 7.09. The summed E-state index contributed by atoms with van der Waals surface area (Å²) in [5, 5.41) is 14.3. The van der Waals surface area contributed by atoms with Crippen molar-refractivity contribution in [2.75, 3.05) is 6.54 Å². The molecule has 7 nitrogen and oxygen atoms in total. The molecule has 0 aliphatic carbocycles. The Labute approximate surface area is 210 Å². The fourth-order valence-electron chi connectivity index (χ4n) is 4.89. The molecule has 0 radical (unpaired) electrons. The fourth-order valence-corrected chi connectivity index (χ4v) is 5.65. The van der Waals surface area contributed by atoms with E-state index in [1.54, 1.807) is 11.0 Å². The quantitative estimate of drug-likeness (QED) is 0.478. The van der Waals surface area contributed by atoms with Gasteiger partial charge in [0.2, 0.25) is 5.91 Å². The van der Waals surface area contributed by atoms with Crippen molar-refractivity contribution in [3.8, 4) is 10.4 Å². The first-order chi connectivity index (χ1) is 16.7. The highest BCUT2D eigenvalue weighted by Gasteiger charge is 2.43. The molecule has 1 amide bonds. The lowest BCUT2D eigenvalue weighted by Crippen LogP contribution is -2.44. The predicted octanol–water partition coefficient (Wildman–Crippen LogP) is 4.88. The Morgan fingerprint density at radius 2 is 1.91 bits per heavy atom. The van der Waals surface area contributed by atoms with Crippen molar-refractivity contribution in [3.63, 3.8) is 0 Å². The molecule has 2 aromatic heterocycles. The number of β-amino-alcohol motifs (C(OH)–C–C–N with tert-alkyl or cyclic N) is 1. The van der Waals surface area contributed by atoms with Crippen LogP contribution in [0.3, 0.4) is 0 Å². The van der Waals surface area contributed by atoms with E-state index >= 15 is 0 Å². The van der Waals surface area contributed by atoms with Gasteiger partial charge in [-0.15, -0.1) is 0 Å². The number of carbonyl (C=O) groups excluding carboxylic acids is 2. The van der Waals surface area contributed by atoms with Crippen LogP contribution in [-0.2, 0) is 9.59 Å². The molecule has 1 aliphatic rings. The SMILES string of the molecule is Cc1cc(C(C(=O)N2C[C@H](O)C[C@H]2C(=O)C[C@@H](C)c2ccc(-c3sncc3C)cc2)C(C)C)on1. The number of Topliss-reactive ketones (excluding diaryl/α,β-unsaturated/α-hetero) is 1. The number of ketones is 1. The van der Waals surface area contributed by atoms with Crippen molar-refractivity contribution in [1.29, 1.82) is 0 Å². The molecule has 0 saturated carbocycles. The lowest BCUT2D eigenvalue weighted by Gasteiger charge is -2.29. The van der Waals surface area contributed by atoms with Gasteiger partial charge in [-0.3, -0.25) is 9.59 Å². The third kappa shape index (κ3) is 5.38. The normalized spacial score (nSPS) is 19.8. The van der Waals surface area contributed by atoms with E-state index in [2.05, 4.69) is 33.8 Å². The van der Waals surface area contributed by atoms with Gasteiger partial charge in [0.05, 0.1) is 22.7 Å². The van der Waals surface area contributed by atoms with Gasteiger partial charge in [0.15, 0.2) is 5.78 Å². The van der Waals surface area contributed by atoms with Crippen molar-refractivity contribution in [2.24, 2.45) is 5.92 Å². The van der Waals surface area contributed by atoms with Crippen LogP contribution in [0.15, 0.2) is 41.1 Å². The topological polar surface area (TPSA) is 96.5 Å². The van der Waals surface area contributed by atoms with Crippen LogP contribution in [0.1, 0.15) is 68.0 Å². The lowest BCUT2D eigenvalue weighted by molar-refractivity contribution is -0.140. The fraction of sp³-hybridized carbons (Fsp3) is 0.481. The smallest absolute Gasteiger partial charge is 0.234 e. The van der Waals surface area contributed by atoms with Crippen molar-refractivity contribution in [3.05, 3.63) is 59.1 Å². The van der Waals surface area contributed by atoms with E-state index in [0.717, 1.165) is 21.6 Å². The molecule has 186 valence electrons. The number of aliphatic hydroxyl groups excluding tert-OH is 1. The minimum Gasteiger partial charge on any atom is -0.391 e. The first-order valence-corrected chi connectivity index (χ1v) is 12.9. The first-order valence-electron chi connectivity index (χ1n) is 12.1. The second-order valence-corrected chi connectivity index (χ2v) is 10.8. The van der Waals surface area contributed by atoms with E-state index < -0.39 is 18.1 Å². The van der Waals surface area contributed by atoms with Gasteiger partial charge in [0.25, 0.3) is 0 Å². The standard InChI is InChI=1S/C27H33N3O4S/c1-15(2)25(24-11-18(5)29-34-24)27(33)30-14-21(31)12-22(30)23(32)10-16(3)19-6-8-20(9-7-19)26-17(4)13-28-35-26/h6-9,11,13,15-16,21-22,25,31H,10,12,14H2,1-5H3/t16-,21-,22+,25?/m1/s1. The predicted molar refractivity (Wildman–Crippen MR) is 135 cm³/mol. The highest BCUT2D eigenvalue weighted by Crippen LogP contribution is 2.33. The monoisotopic (exact) mass is 495 g/mol. The maximum Gasteiger partial charge on any atom is 0.234 e. The van der Waals surface area contributed by atoms with Crippen LogP contribution in [0, 0.1) is 19.8 Å². The number of aryl methyl sites for hydroxylation is 2. The molecule has 4 atom stereocenters. The van der Waals surface area contributed by atoms with E-state index in [4.69, 9.17) is 4.52 Å². The second-order valence-electron chi connectivity index (χ2n) is 10.0. The molecule has 35 heavy (non-hydrogen) atoms. The first kappa shape index (κ1) is 25.3. The lowest BCUT2D eigenvalue weighted by atomic mass is 9.89.